The van der Waals surface area contributed by atoms with E-state index in [1.807, 2.05) is 6.08 Å². The van der Waals surface area contributed by atoms with Gasteiger partial charge >= 0.3 is 0 Å². The summed E-state index contributed by atoms with van der Waals surface area (Å²) in [4.78, 5) is 12.3. The van der Waals surface area contributed by atoms with Gasteiger partial charge in [0, 0.05) is 6.42 Å². The van der Waals surface area contributed by atoms with Crippen molar-refractivity contribution in [2.24, 2.45) is 0 Å². The van der Waals surface area contributed by atoms with Crippen LogP contribution in [0.2, 0.25) is 0 Å². The zero-order chi connectivity index (χ0) is 41.4. The molecule has 3 N–H and O–H groups in total. The molecule has 334 valence electrons. The number of carbonyl (C=O) groups is 1. The molecule has 0 saturated carbocycles. The van der Waals surface area contributed by atoms with Gasteiger partial charge in [-0.05, 0) is 57.8 Å². The van der Waals surface area contributed by atoms with Crippen LogP contribution in [-0.2, 0) is 4.79 Å². The van der Waals surface area contributed by atoms with Crippen LogP contribution < -0.4 is 5.32 Å². The molecule has 0 aliphatic rings. The molecule has 0 bridgehead atoms. The zero-order valence-electron chi connectivity index (χ0n) is 38.4. The predicted octanol–water partition coefficient (Wildman–Crippen LogP) is 16.3. The number of aliphatic hydroxyl groups excluding tert-OH is 2. The maximum Gasteiger partial charge on any atom is 0.220 e. The van der Waals surface area contributed by atoms with Crippen molar-refractivity contribution in [3.8, 4) is 0 Å². The Morgan fingerprint density at radius 1 is 0.421 bits per heavy atom. The summed E-state index contributed by atoms with van der Waals surface area (Å²) in [6.07, 6.45) is 67.2. The van der Waals surface area contributed by atoms with E-state index in [0.717, 1.165) is 38.5 Å². The highest BCUT2D eigenvalue weighted by molar-refractivity contribution is 5.76. The van der Waals surface area contributed by atoms with Crippen molar-refractivity contribution in [3.63, 3.8) is 0 Å². The van der Waals surface area contributed by atoms with E-state index in [0.29, 0.717) is 6.42 Å². The van der Waals surface area contributed by atoms with Crippen LogP contribution in [0.25, 0.3) is 0 Å². The molecule has 0 saturated heterocycles. The van der Waals surface area contributed by atoms with Gasteiger partial charge in [-0.15, -0.1) is 0 Å². The Balaban J connectivity index is 3.35. The molecule has 0 radical (unpaired) electrons. The van der Waals surface area contributed by atoms with Crippen LogP contribution in [-0.4, -0.2) is 34.9 Å². The molecule has 0 aromatic heterocycles. The Kier molecular flexibility index (Phi) is 47.3. The normalized spacial score (nSPS) is 13.3. The molecule has 0 rings (SSSR count). The molecule has 0 aliphatic carbocycles. The van der Waals surface area contributed by atoms with Crippen molar-refractivity contribution in [1.29, 1.82) is 0 Å². The molecule has 1 amide bonds. The first kappa shape index (κ1) is 55.4. The van der Waals surface area contributed by atoms with Crippen molar-refractivity contribution < 1.29 is 15.0 Å². The van der Waals surface area contributed by atoms with E-state index in [-0.39, 0.29) is 12.5 Å². The third kappa shape index (κ3) is 45.3. The van der Waals surface area contributed by atoms with Crippen LogP contribution in [0.3, 0.4) is 0 Å². The van der Waals surface area contributed by atoms with Crippen molar-refractivity contribution in [2.75, 3.05) is 6.61 Å². The minimum Gasteiger partial charge on any atom is -0.394 e. The van der Waals surface area contributed by atoms with Gasteiger partial charge in [-0.1, -0.05) is 249 Å². The Hall–Kier alpha value is -1.65. The van der Waals surface area contributed by atoms with Crippen molar-refractivity contribution in [1.82, 2.24) is 5.32 Å². The molecular formula is C53H99NO3. The average Bonchev–Trinajstić information content (AvgIpc) is 3.22. The van der Waals surface area contributed by atoms with Crippen molar-refractivity contribution >= 4 is 5.91 Å². The van der Waals surface area contributed by atoms with E-state index >= 15 is 0 Å². The second-order valence-electron chi connectivity index (χ2n) is 17.2. The van der Waals surface area contributed by atoms with Gasteiger partial charge in [0.15, 0.2) is 0 Å². The van der Waals surface area contributed by atoms with Crippen LogP contribution >= 0.6 is 0 Å². The number of carbonyl (C=O) groups excluding carboxylic acids is 1. The third-order valence-electron chi connectivity index (χ3n) is 11.5. The predicted molar refractivity (Wildman–Crippen MR) is 253 cm³/mol. The minimum absolute atomic E-state index is 0.0746. The van der Waals surface area contributed by atoms with Crippen LogP contribution in [0, 0.1) is 0 Å². The van der Waals surface area contributed by atoms with Gasteiger partial charge in [0.2, 0.25) is 5.91 Å². The van der Waals surface area contributed by atoms with Gasteiger partial charge in [0.05, 0.1) is 18.8 Å². The highest BCUT2D eigenvalue weighted by atomic mass is 16.3. The topological polar surface area (TPSA) is 69.6 Å². The Bertz CT molecular complexity index is 908. The molecule has 57 heavy (non-hydrogen) atoms. The SMILES string of the molecule is CCCC/C=C/CC/C=C/C(O)C(CO)NC(=O)CCCCCCCCCCCCCCCCCCCCCCCCCCC/C=C\C/C=C\CCCCCCC. The first-order valence-corrected chi connectivity index (χ1v) is 25.4. The summed E-state index contributed by atoms with van der Waals surface area (Å²) in [5.74, 6) is -0.0746. The molecule has 4 nitrogen and oxygen atoms in total. The molecule has 4 heteroatoms. The van der Waals surface area contributed by atoms with Gasteiger partial charge in [0.1, 0.15) is 0 Å². The molecule has 0 heterocycles. The molecular weight excluding hydrogens is 699 g/mol. The number of hydrogen-bond donors (Lipinski definition) is 3. The molecule has 2 unspecified atom stereocenters. The summed E-state index contributed by atoms with van der Waals surface area (Å²) < 4.78 is 0. The summed E-state index contributed by atoms with van der Waals surface area (Å²) >= 11 is 0. The van der Waals surface area contributed by atoms with E-state index in [1.54, 1.807) is 6.08 Å². The summed E-state index contributed by atoms with van der Waals surface area (Å²) in [5, 5.41) is 22.8. The van der Waals surface area contributed by atoms with E-state index in [4.69, 9.17) is 0 Å². The molecule has 0 aromatic rings. The fourth-order valence-corrected chi connectivity index (χ4v) is 7.62. The highest BCUT2D eigenvalue weighted by Gasteiger charge is 2.17. The van der Waals surface area contributed by atoms with E-state index in [9.17, 15) is 15.0 Å². The van der Waals surface area contributed by atoms with Crippen LogP contribution in [0.15, 0.2) is 48.6 Å². The first-order valence-electron chi connectivity index (χ1n) is 25.4. The summed E-state index contributed by atoms with van der Waals surface area (Å²) in [6.45, 7) is 4.22. The Labute approximate surface area is 356 Å². The molecule has 0 spiro atoms. The van der Waals surface area contributed by atoms with Crippen LogP contribution in [0.4, 0.5) is 0 Å². The average molecular weight is 798 g/mol. The van der Waals surface area contributed by atoms with Gasteiger partial charge < -0.3 is 15.5 Å². The van der Waals surface area contributed by atoms with Crippen LogP contribution in [0.5, 0.6) is 0 Å². The lowest BCUT2D eigenvalue weighted by molar-refractivity contribution is -0.123. The zero-order valence-corrected chi connectivity index (χ0v) is 38.4. The molecule has 0 aromatic carbocycles. The number of rotatable bonds is 46. The first-order chi connectivity index (χ1) is 28.2. The smallest absolute Gasteiger partial charge is 0.220 e. The Morgan fingerprint density at radius 3 is 1.18 bits per heavy atom. The lowest BCUT2D eigenvalue weighted by Crippen LogP contribution is -2.45. The third-order valence-corrected chi connectivity index (χ3v) is 11.5. The molecule has 2 atom stereocenters. The Morgan fingerprint density at radius 2 is 0.754 bits per heavy atom. The standard InChI is InChI=1S/C53H99NO3/c1-3-5-7-9-11-13-14-15-16-17-18-19-20-21-22-23-24-25-26-27-28-29-30-31-32-33-34-35-36-37-38-39-40-41-43-45-47-49-53(57)54-51(50-55)52(56)48-46-44-42-12-10-8-6-4-2/h10,12,14-15,17-18,46,48,51-52,55-56H,3-9,11,13,16,19-45,47,49-50H2,1-2H3,(H,54,57)/b12-10+,15-14-,18-17-,48-46+. The maximum atomic E-state index is 12.3. The van der Waals surface area contributed by atoms with E-state index < -0.39 is 12.1 Å². The summed E-state index contributed by atoms with van der Waals surface area (Å²) in [7, 11) is 0. The molecule has 0 fully saturated rings. The van der Waals surface area contributed by atoms with Gasteiger partial charge in [-0.25, -0.2) is 0 Å². The van der Waals surface area contributed by atoms with E-state index in [1.165, 1.54) is 205 Å². The lowest BCUT2D eigenvalue weighted by Gasteiger charge is -2.19. The number of hydrogen-bond acceptors (Lipinski definition) is 3. The van der Waals surface area contributed by atoms with Gasteiger partial charge in [0.25, 0.3) is 0 Å². The monoisotopic (exact) mass is 798 g/mol. The molecule has 0 aliphatic heterocycles. The quantitative estimate of drug-likeness (QED) is 0.0424. The summed E-state index contributed by atoms with van der Waals surface area (Å²) in [6, 6.07) is -0.635. The van der Waals surface area contributed by atoms with Crippen LogP contribution in [0.1, 0.15) is 264 Å². The fraction of sp³-hybridized carbons (Fsp3) is 0.830. The minimum atomic E-state index is -0.858. The highest BCUT2D eigenvalue weighted by Crippen LogP contribution is 2.16. The van der Waals surface area contributed by atoms with Crippen molar-refractivity contribution in [3.05, 3.63) is 48.6 Å². The van der Waals surface area contributed by atoms with E-state index in [2.05, 4.69) is 55.6 Å². The van der Waals surface area contributed by atoms with Gasteiger partial charge in [-0.2, -0.15) is 0 Å². The number of amides is 1. The fourth-order valence-electron chi connectivity index (χ4n) is 7.62. The van der Waals surface area contributed by atoms with Crippen molar-refractivity contribution in [2.45, 2.75) is 276 Å². The number of nitrogens with one attached hydrogen (secondary N) is 1. The maximum absolute atomic E-state index is 12.3. The largest absolute Gasteiger partial charge is 0.394 e. The number of unbranched alkanes of at least 4 members (excludes halogenated alkanes) is 33. The van der Waals surface area contributed by atoms with Gasteiger partial charge in [-0.3, -0.25) is 4.79 Å². The second kappa shape index (κ2) is 48.7. The summed E-state index contributed by atoms with van der Waals surface area (Å²) in [5.41, 5.74) is 0. The lowest BCUT2D eigenvalue weighted by atomic mass is 10.0. The second-order valence-corrected chi connectivity index (χ2v) is 17.2. The number of aliphatic hydroxyl groups is 2. The number of allylic oxidation sites excluding steroid dienone is 7.